The molecule has 3 heteroatoms. The van der Waals surface area contributed by atoms with Crippen LogP contribution in [0.4, 0.5) is 0 Å². The molecule has 0 bridgehead atoms. The minimum Gasteiger partial charge on any atom is -0.612 e. The van der Waals surface area contributed by atoms with Gasteiger partial charge >= 0.3 is 0 Å². The molecule has 1 aromatic carbocycles. The van der Waals surface area contributed by atoms with Gasteiger partial charge in [-0.05, 0) is 35.4 Å². The molecule has 0 spiro atoms. The Balaban J connectivity index is 3.02. The van der Waals surface area contributed by atoms with Crippen LogP contribution in [0.5, 0.6) is 5.75 Å². The molecule has 1 atom stereocenters. The van der Waals surface area contributed by atoms with Gasteiger partial charge in [0.05, 0.1) is 7.11 Å². The predicted octanol–water partition coefficient (Wildman–Crippen LogP) is 1.23. The maximum Gasteiger partial charge on any atom is 0.194 e. The van der Waals surface area contributed by atoms with E-state index in [1.54, 1.807) is 31.6 Å². The molecule has 1 radical (unpaired) electrons. The topological polar surface area (TPSA) is 32.3 Å². The van der Waals surface area contributed by atoms with Crippen LogP contribution in [0.1, 0.15) is 0 Å². The zero-order valence-corrected chi connectivity index (χ0v) is 7.27. The third-order valence-corrected chi connectivity index (χ3v) is 2.27. The van der Waals surface area contributed by atoms with E-state index in [0.29, 0.717) is 10.6 Å². The first-order valence-electron chi connectivity index (χ1n) is 3.13. The van der Waals surface area contributed by atoms with Gasteiger partial charge in [-0.1, -0.05) is 0 Å². The Bertz CT molecular complexity index is 235. The second kappa shape index (κ2) is 3.64. The third kappa shape index (κ3) is 1.88. The Morgan fingerprint density at radius 2 is 2.36 bits per heavy atom. The summed E-state index contributed by atoms with van der Waals surface area (Å²) < 4.78 is 16.0. The average Bonchev–Trinajstić information content (AvgIpc) is 2.04. The molecule has 1 rings (SSSR count). The van der Waals surface area contributed by atoms with Gasteiger partial charge in [0, 0.05) is 0 Å². The van der Waals surface area contributed by atoms with Crippen molar-refractivity contribution in [3.8, 4) is 5.75 Å². The third-order valence-electron chi connectivity index (χ3n) is 1.32. The number of hydrogen-bond donors (Lipinski definition) is 0. The van der Waals surface area contributed by atoms with E-state index in [4.69, 9.17) is 4.74 Å². The Kier molecular flexibility index (Phi) is 2.79. The number of ether oxygens (including phenoxy) is 1. The molecule has 0 N–H and O–H groups in total. The van der Waals surface area contributed by atoms with E-state index < -0.39 is 11.2 Å². The fourth-order valence-electron chi connectivity index (χ4n) is 0.798. The molecule has 1 unspecified atom stereocenters. The highest BCUT2D eigenvalue weighted by molar-refractivity contribution is 7.90. The standard InChI is InChI=1S/C8H9O2S/c1-10-7-5-3-4-6-8(7)11(2)9/h4-6H,1-2H3. The van der Waals surface area contributed by atoms with Crippen molar-refractivity contribution in [2.24, 2.45) is 0 Å². The molecule has 0 amide bonds. The zero-order chi connectivity index (χ0) is 8.27. The lowest BCUT2D eigenvalue weighted by molar-refractivity contribution is 0.403. The van der Waals surface area contributed by atoms with Crippen LogP contribution < -0.4 is 4.74 Å². The van der Waals surface area contributed by atoms with Gasteiger partial charge in [0.1, 0.15) is 6.26 Å². The summed E-state index contributed by atoms with van der Waals surface area (Å²) in [5.74, 6) is 0.633. The van der Waals surface area contributed by atoms with Gasteiger partial charge in [0.2, 0.25) is 0 Å². The minimum absolute atomic E-state index is 0.633. The monoisotopic (exact) mass is 169 g/mol. The summed E-state index contributed by atoms with van der Waals surface area (Å²) >= 11 is -0.985. The largest absolute Gasteiger partial charge is 0.612 e. The first-order chi connectivity index (χ1) is 5.25. The predicted molar refractivity (Wildman–Crippen MR) is 44.2 cm³/mol. The summed E-state index contributed by atoms with van der Waals surface area (Å²) in [5.41, 5.74) is 0. The lowest BCUT2D eigenvalue weighted by atomic mass is 10.3. The molecule has 0 aliphatic heterocycles. The lowest BCUT2D eigenvalue weighted by Gasteiger charge is -2.07. The van der Waals surface area contributed by atoms with Crippen LogP contribution in [0.25, 0.3) is 0 Å². The quantitative estimate of drug-likeness (QED) is 0.624. The van der Waals surface area contributed by atoms with Crippen LogP contribution in [0.2, 0.25) is 0 Å². The average molecular weight is 169 g/mol. The summed E-state index contributed by atoms with van der Waals surface area (Å²) in [6.45, 7) is 0. The van der Waals surface area contributed by atoms with Crippen LogP contribution in [0, 0.1) is 6.07 Å². The summed E-state index contributed by atoms with van der Waals surface area (Å²) in [6, 6.07) is 7.99. The van der Waals surface area contributed by atoms with Gasteiger partial charge in [-0.25, -0.2) is 0 Å². The van der Waals surface area contributed by atoms with E-state index in [1.807, 2.05) is 0 Å². The van der Waals surface area contributed by atoms with Crippen LogP contribution >= 0.6 is 0 Å². The normalized spacial score (nSPS) is 12.6. The molecule has 2 nitrogen and oxygen atoms in total. The Morgan fingerprint density at radius 3 is 2.82 bits per heavy atom. The highest BCUT2D eigenvalue weighted by Gasteiger charge is 2.09. The second-order valence-electron chi connectivity index (χ2n) is 2.03. The lowest BCUT2D eigenvalue weighted by Crippen LogP contribution is -1.99. The van der Waals surface area contributed by atoms with E-state index in [2.05, 4.69) is 6.07 Å². The van der Waals surface area contributed by atoms with Crippen LogP contribution in [-0.4, -0.2) is 17.9 Å². The number of hydrogen-bond acceptors (Lipinski definition) is 2. The molecule has 0 aromatic heterocycles. The van der Waals surface area contributed by atoms with Crippen LogP contribution in [0.15, 0.2) is 23.1 Å². The molecule has 0 fully saturated rings. The van der Waals surface area contributed by atoms with E-state index in [-0.39, 0.29) is 0 Å². The Labute approximate surface area is 69.4 Å². The molecule has 11 heavy (non-hydrogen) atoms. The van der Waals surface area contributed by atoms with Gasteiger partial charge in [0.15, 0.2) is 10.6 Å². The fraction of sp³-hybridized carbons (Fsp3) is 0.250. The summed E-state index contributed by atoms with van der Waals surface area (Å²) in [5, 5.41) is 0. The van der Waals surface area contributed by atoms with Gasteiger partial charge in [-0.2, -0.15) is 0 Å². The number of rotatable bonds is 2. The molecule has 0 aliphatic rings. The summed E-state index contributed by atoms with van der Waals surface area (Å²) in [4.78, 5) is 0.714. The van der Waals surface area contributed by atoms with Gasteiger partial charge in [-0.15, -0.1) is 0 Å². The fourth-order valence-corrected chi connectivity index (χ4v) is 1.48. The maximum atomic E-state index is 11.0. The summed E-state index contributed by atoms with van der Waals surface area (Å²) in [6.07, 6.45) is 1.62. The molecule has 0 heterocycles. The Hall–Kier alpha value is -0.670. The van der Waals surface area contributed by atoms with Crippen molar-refractivity contribution in [1.82, 2.24) is 0 Å². The second-order valence-corrected chi connectivity index (χ2v) is 3.38. The van der Waals surface area contributed by atoms with E-state index in [1.165, 1.54) is 0 Å². The first-order valence-corrected chi connectivity index (χ1v) is 4.69. The zero-order valence-electron chi connectivity index (χ0n) is 6.46. The highest BCUT2D eigenvalue weighted by Crippen LogP contribution is 2.21. The highest BCUT2D eigenvalue weighted by atomic mass is 32.2. The molecule has 0 saturated heterocycles. The Morgan fingerprint density at radius 1 is 1.64 bits per heavy atom. The van der Waals surface area contributed by atoms with Crippen molar-refractivity contribution in [2.75, 3.05) is 13.4 Å². The number of methoxy groups -OCH3 is 1. The molecular weight excluding hydrogens is 160 g/mol. The molecule has 59 valence electrons. The smallest absolute Gasteiger partial charge is 0.194 e. The van der Waals surface area contributed by atoms with E-state index in [0.717, 1.165) is 0 Å². The van der Waals surface area contributed by atoms with Gasteiger partial charge in [-0.3, -0.25) is 0 Å². The molecular formula is C8H9O2S. The van der Waals surface area contributed by atoms with E-state index >= 15 is 0 Å². The number of benzene rings is 1. The van der Waals surface area contributed by atoms with Crippen molar-refractivity contribution < 1.29 is 9.29 Å². The van der Waals surface area contributed by atoms with Crippen LogP contribution in [-0.2, 0) is 11.2 Å². The van der Waals surface area contributed by atoms with Crippen molar-refractivity contribution in [3.63, 3.8) is 0 Å². The molecule has 1 aromatic rings. The van der Waals surface area contributed by atoms with Crippen molar-refractivity contribution >= 4 is 11.2 Å². The molecule has 0 aliphatic carbocycles. The first kappa shape index (κ1) is 8.43. The van der Waals surface area contributed by atoms with Crippen LogP contribution in [0.3, 0.4) is 0 Å². The van der Waals surface area contributed by atoms with Gasteiger partial charge < -0.3 is 9.29 Å². The van der Waals surface area contributed by atoms with Crippen molar-refractivity contribution in [2.45, 2.75) is 4.90 Å². The van der Waals surface area contributed by atoms with E-state index in [9.17, 15) is 4.55 Å². The summed E-state index contributed by atoms with van der Waals surface area (Å²) in [7, 11) is 1.56. The molecule has 0 saturated carbocycles. The SMILES string of the molecule is COc1c[c]ccc1[S+](C)[O-]. The minimum atomic E-state index is -0.985. The maximum absolute atomic E-state index is 11.0. The van der Waals surface area contributed by atoms with Crippen molar-refractivity contribution in [1.29, 1.82) is 0 Å². The van der Waals surface area contributed by atoms with Crippen molar-refractivity contribution in [3.05, 3.63) is 24.3 Å². The van der Waals surface area contributed by atoms with Gasteiger partial charge in [0.25, 0.3) is 0 Å².